The molecule has 2 aromatic rings. The summed E-state index contributed by atoms with van der Waals surface area (Å²) < 4.78 is 1.68. The molecule has 112 valence electrons. The normalized spacial score (nSPS) is 12.4. The lowest BCUT2D eigenvalue weighted by Gasteiger charge is -2.20. The number of nitrogens with zero attached hydrogens (tertiary/aromatic N) is 2. The molecule has 2 rings (SSSR count). The van der Waals surface area contributed by atoms with Crippen LogP contribution < -0.4 is 11.0 Å². The highest BCUT2D eigenvalue weighted by Crippen LogP contribution is 2.18. The Bertz CT molecular complexity index is 656. The number of aromatic nitrogens is 2. The summed E-state index contributed by atoms with van der Waals surface area (Å²) in [5, 5.41) is 3.46. The van der Waals surface area contributed by atoms with Gasteiger partial charge in [0.2, 0.25) is 0 Å². The minimum atomic E-state index is -0.201. The largest absolute Gasteiger partial charge is 0.347 e. The Morgan fingerprint density at radius 1 is 1.14 bits per heavy atom. The molecule has 0 fully saturated rings. The first kappa shape index (κ1) is 15.4. The maximum absolute atomic E-state index is 11.9. The van der Waals surface area contributed by atoms with Crippen molar-refractivity contribution in [3.63, 3.8) is 0 Å². The molecule has 0 spiro atoms. The van der Waals surface area contributed by atoms with Crippen LogP contribution in [0.2, 0.25) is 0 Å². The van der Waals surface area contributed by atoms with Crippen molar-refractivity contribution in [3.8, 4) is 0 Å². The van der Waals surface area contributed by atoms with E-state index in [1.807, 2.05) is 13.1 Å². The molecule has 0 bridgehead atoms. The zero-order valence-corrected chi connectivity index (χ0v) is 13.2. The molecule has 1 aromatic heterocycles. The van der Waals surface area contributed by atoms with Crippen molar-refractivity contribution in [3.05, 3.63) is 63.3 Å². The Labute approximate surface area is 125 Å². The molecule has 0 aliphatic carbocycles. The van der Waals surface area contributed by atoms with Gasteiger partial charge in [-0.2, -0.15) is 0 Å². The number of hydrogen-bond donors (Lipinski definition) is 1. The highest BCUT2D eigenvalue weighted by Gasteiger charge is 2.13. The molecular weight excluding hydrogens is 262 g/mol. The summed E-state index contributed by atoms with van der Waals surface area (Å²) in [4.78, 5) is 15.8. The van der Waals surface area contributed by atoms with Crippen molar-refractivity contribution < 1.29 is 0 Å². The van der Waals surface area contributed by atoms with Crippen molar-refractivity contribution in [1.82, 2.24) is 14.9 Å². The van der Waals surface area contributed by atoms with E-state index < -0.39 is 0 Å². The third-order valence-electron chi connectivity index (χ3n) is 3.46. The summed E-state index contributed by atoms with van der Waals surface area (Å²) in [6.45, 7) is 9.66. The zero-order valence-electron chi connectivity index (χ0n) is 13.2. The van der Waals surface area contributed by atoms with Gasteiger partial charge in [-0.05, 0) is 38.4 Å². The fourth-order valence-corrected chi connectivity index (χ4v) is 2.64. The highest BCUT2D eigenvalue weighted by atomic mass is 16.1. The molecule has 1 N–H and O–H groups in total. The van der Waals surface area contributed by atoms with Crippen molar-refractivity contribution in [2.24, 2.45) is 0 Å². The average Bonchev–Trinajstić information content (AvgIpc) is 2.41. The van der Waals surface area contributed by atoms with E-state index in [1.54, 1.807) is 10.8 Å². The lowest BCUT2D eigenvalue weighted by atomic mass is 10.0. The molecule has 4 heteroatoms. The molecule has 1 aromatic carbocycles. The molecule has 0 aliphatic rings. The van der Waals surface area contributed by atoms with Crippen LogP contribution in [0.1, 0.15) is 35.2 Å². The van der Waals surface area contributed by atoms with Crippen LogP contribution in [0.15, 0.2) is 35.4 Å². The monoisotopic (exact) mass is 285 g/mol. The van der Waals surface area contributed by atoms with Gasteiger partial charge in [0.1, 0.15) is 0 Å². The molecule has 1 unspecified atom stereocenters. The van der Waals surface area contributed by atoms with E-state index in [4.69, 9.17) is 0 Å². The Morgan fingerprint density at radius 3 is 2.43 bits per heavy atom. The molecule has 0 amide bonds. The lowest BCUT2D eigenvalue weighted by molar-refractivity contribution is 0.461. The molecular formula is C17H23N3O. The van der Waals surface area contributed by atoms with Crippen LogP contribution in [0, 0.1) is 20.8 Å². The van der Waals surface area contributed by atoms with Gasteiger partial charge in [-0.3, -0.25) is 4.57 Å². The predicted octanol–water partition coefficient (Wildman–Crippen LogP) is 2.52. The van der Waals surface area contributed by atoms with Gasteiger partial charge in [-0.15, -0.1) is 0 Å². The second-order valence-corrected chi connectivity index (χ2v) is 5.60. The van der Waals surface area contributed by atoms with Crippen molar-refractivity contribution in [1.29, 1.82) is 0 Å². The third-order valence-corrected chi connectivity index (χ3v) is 3.46. The van der Waals surface area contributed by atoms with E-state index in [0.717, 1.165) is 12.1 Å². The van der Waals surface area contributed by atoms with Crippen molar-refractivity contribution in [2.75, 3.05) is 6.54 Å². The fraction of sp³-hybridized carbons (Fsp3) is 0.412. The summed E-state index contributed by atoms with van der Waals surface area (Å²) >= 11 is 0. The van der Waals surface area contributed by atoms with Crippen LogP contribution in [0.3, 0.4) is 0 Å². The molecule has 0 radical (unpaired) electrons. The van der Waals surface area contributed by atoms with Gasteiger partial charge in [-0.1, -0.05) is 36.2 Å². The number of hydrogen-bond acceptors (Lipinski definition) is 3. The summed E-state index contributed by atoms with van der Waals surface area (Å²) in [6, 6.07) is 6.62. The molecule has 21 heavy (non-hydrogen) atoms. The van der Waals surface area contributed by atoms with Crippen LogP contribution in [-0.4, -0.2) is 16.1 Å². The van der Waals surface area contributed by atoms with Gasteiger partial charge in [0.15, 0.2) is 0 Å². The molecule has 1 atom stereocenters. The standard InChI is InChI=1S/C17H23N3O/c1-5-18-16(15-7-12(2)6-13(3)8-15)11-20-10-14(4)9-19-17(20)21/h6-10,16,18H,5,11H2,1-4H3. The quantitative estimate of drug-likeness (QED) is 0.918. The lowest BCUT2D eigenvalue weighted by Crippen LogP contribution is -2.31. The first-order valence-electron chi connectivity index (χ1n) is 7.34. The number of benzene rings is 1. The topological polar surface area (TPSA) is 46.9 Å². The molecule has 1 heterocycles. The van der Waals surface area contributed by atoms with Gasteiger partial charge in [0.05, 0.1) is 6.04 Å². The van der Waals surface area contributed by atoms with E-state index in [1.165, 1.54) is 16.7 Å². The minimum absolute atomic E-state index is 0.106. The minimum Gasteiger partial charge on any atom is -0.309 e. The zero-order chi connectivity index (χ0) is 15.4. The first-order chi connectivity index (χ1) is 9.99. The molecule has 0 aliphatic heterocycles. The average molecular weight is 285 g/mol. The maximum atomic E-state index is 11.9. The summed E-state index contributed by atoms with van der Waals surface area (Å²) in [7, 11) is 0. The molecule has 0 saturated carbocycles. The second kappa shape index (κ2) is 6.68. The van der Waals surface area contributed by atoms with Crippen molar-refractivity contribution >= 4 is 0 Å². The van der Waals surface area contributed by atoms with Crippen LogP contribution >= 0.6 is 0 Å². The number of aryl methyl sites for hydroxylation is 3. The number of nitrogens with one attached hydrogen (secondary N) is 1. The summed E-state index contributed by atoms with van der Waals surface area (Å²) in [5.74, 6) is 0. The number of rotatable bonds is 5. The van der Waals surface area contributed by atoms with E-state index in [2.05, 4.69) is 49.3 Å². The highest BCUT2D eigenvalue weighted by molar-refractivity contribution is 5.30. The van der Waals surface area contributed by atoms with Crippen LogP contribution in [0.25, 0.3) is 0 Å². The maximum Gasteiger partial charge on any atom is 0.347 e. The Kier molecular flexibility index (Phi) is 4.91. The van der Waals surface area contributed by atoms with E-state index >= 15 is 0 Å². The fourth-order valence-electron chi connectivity index (χ4n) is 2.64. The van der Waals surface area contributed by atoms with Crippen molar-refractivity contribution in [2.45, 2.75) is 40.3 Å². The molecule has 0 saturated heterocycles. The third kappa shape index (κ3) is 4.02. The van der Waals surface area contributed by atoms with Crippen LogP contribution in [0.4, 0.5) is 0 Å². The smallest absolute Gasteiger partial charge is 0.309 e. The van der Waals surface area contributed by atoms with Crippen LogP contribution in [0.5, 0.6) is 0 Å². The van der Waals surface area contributed by atoms with Gasteiger partial charge in [-0.25, -0.2) is 9.78 Å². The number of likely N-dealkylation sites (N-methyl/N-ethyl adjacent to an activating group) is 1. The van der Waals surface area contributed by atoms with Gasteiger partial charge < -0.3 is 5.32 Å². The summed E-state index contributed by atoms with van der Waals surface area (Å²) in [6.07, 6.45) is 3.47. The van der Waals surface area contributed by atoms with E-state index in [9.17, 15) is 4.79 Å². The van der Waals surface area contributed by atoms with Crippen LogP contribution in [-0.2, 0) is 6.54 Å². The first-order valence-corrected chi connectivity index (χ1v) is 7.34. The summed E-state index contributed by atoms with van der Waals surface area (Å²) in [5.41, 5.74) is 4.48. The van der Waals surface area contributed by atoms with Gasteiger partial charge in [0.25, 0.3) is 0 Å². The van der Waals surface area contributed by atoms with Gasteiger partial charge in [0, 0.05) is 18.9 Å². The SMILES string of the molecule is CCNC(Cn1cc(C)cnc1=O)c1cc(C)cc(C)c1. The predicted molar refractivity (Wildman–Crippen MR) is 85.6 cm³/mol. The molecule has 4 nitrogen and oxygen atoms in total. The van der Waals surface area contributed by atoms with E-state index in [-0.39, 0.29) is 11.7 Å². The van der Waals surface area contributed by atoms with E-state index in [0.29, 0.717) is 6.54 Å². The second-order valence-electron chi connectivity index (χ2n) is 5.60. The Morgan fingerprint density at radius 2 is 1.81 bits per heavy atom. The Balaban J connectivity index is 2.34. The Hall–Kier alpha value is -1.94. The van der Waals surface area contributed by atoms with Gasteiger partial charge >= 0.3 is 5.69 Å².